The van der Waals surface area contributed by atoms with Crippen LogP contribution in [-0.2, 0) is 27.9 Å². The Morgan fingerprint density at radius 3 is 2.35 bits per heavy atom. The minimum atomic E-state index is -4.29. The lowest BCUT2D eigenvalue weighted by Crippen LogP contribution is -2.42. The predicted molar refractivity (Wildman–Crippen MR) is 148 cm³/mol. The number of hydrogen-bond donors (Lipinski definition) is 3. The van der Waals surface area contributed by atoms with E-state index in [0.29, 0.717) is 15.2 Å². The number of amides is 2. The van der Waals surface area contributed by atoms with Crippen LogP contribution in [0.15, 0.2) is 48.5 Å². The standard InChI is InChI=1S/C26H25F3IN3O6S/c1-26(2,3)39-25(35)33-40(36,37)32-13-14-5-4-6-17(9-14)38-21-12-20(28)23(29)18(22(21)24(31)34)10-15-7-8-16(30)11-19(15)27/h4-9,11-12,32H,10,13H2,1-3H3,(H2,31,34)(H,33,35). The van der Waals surface area contributed by atoms with Gasteiger partial charge in [-0.3, -0.25) is 4.79 Å². The van der Waals surface area contributed by atoms with E-state index in [1.807, 2.05) is 22.6 Å². The molecule has 2 amide bonds. The number of hydrogen-bond acceptors (Lipinski definition) is 6. The van der Waals surface area contributed by atoms with Gasteiger partial charge in [0.1, 0.15) is 22.9 Å². The fourth-order valence-corrected chi connectivity index (χ4v) is 4.64. The minimum Gasteiger partial charge on any atom is -0.456 e. The van der Waals surface area contributed by atoms with Crippen molar-refractivity contribution in [3.8, 4) is 11.5 Å². The van der Waals surface area contributed by atoms with Crippen LogP contribution in [0.3, 0.4) is 0 Å². The molecule has 214 valence electrons. The van der Waals surface area contributed by atoms with E-state index >= 15 is 0 Å². The third kappa shape index (κ3) is 8.56. The van der Waals surface area contributed by atoms with E-state index in [0.717, 1.165) is 0 Å². The molecule has 0 aliphatic heterocycles. The largest absolute Gasteiger partial charge is 0.456 e. The molecule has 3 rings (SSSR count). The molecular formula is C26H25F3IN3O6S. The number of carbonyl (C=O) groups excluding carboxylic acids is 2. The number of rotatable bonds is 9. The van der Waals surface area contributed by atoms with Crippen LogP contribution >= 0.6 is 22.6 Å². The number of halogens is 4. The van der Waals surface area contributed by atoms with Crippen LogP contribution in [0.1, 0.15) is 47.8 Å². The van der Waals surface area contributed by atoms with Crippen LogP contribution in [-0.4, -0.2) is 26.0 Å². The molecule has 40 heavy (non-hydrogen) atoms. The van der Waals surface area contributed by atoms with Crippen molar-refractivity contribution >= 4 is 44.8 Å². The first kappa shape index (κ1) is 31.2. The van der Waals surface area contributed by atoms with E-state index in [9.17, 15) is 31.2 Å². The predicted octanol–water partition coefficient (Wildman–Crippen LogP) is 5.05. The van der Waals surface area contributed by atoms with Crippen molar-refractivity contribution in [2.45, 2.75) is 39.3 Å². The lowest BCUT2D eigenvalue weighted by Gasteiger charge is -2.19. The van der Waals surface area contributed by atoms with Gasteiger partial charge in [0.2, 0.25) is 0 Å². The van der Waals surface area contributed by atoms with Crippen molar-refractivity contribution in [2.75, 3.05) is 0 Å². The van der Waals surface area contributed by atoms with Crippen molar-refractivity contribution in [3.63, 3.8) is 0 Å². The van der Waals surface area contributed by atoms with Crippen molar-refractivity contribution in [2.24, 2.45) is 5.73 Å². The Hall–Kier alpha value is -3.37. The number of primary amides is 1. The Morgan fingerprint density at radius 1 is 1.02 bits per heavy atom. The summed E-state index contributed by atoms with van der Waals surface area (Å²) in [5, 5.41) is 0. The molecule has 0 unspecified atom stereocenters. The first-order valence-corrected chi connectivity index (χ1v) is 14.1. The molecule has 9 nitrogen and oxygen atoms in total. The Labute approximate surface area is 242 Å². The molecule has 0 aliphatic rings. The summed E-state index contributed by atoms with van der Waals surface area (Å²) in [5.41, 5.74) is 3.95. The SMILES string of the molecule is CC(C)(C)OC(=O)NS(=O)(=O)NCc1cccc(Oc2cc(F)c(F)c(Cc3ccc(I)cc3F)c2C(N)=O)c1. The molecule has 0 saturated heterocycles. The highest BCUT2D eigenvalue weighted by Gasteiger charge is 2.25. The molecule has 14 heteroatoms. The molecule has 0 bridgehead atoms. The highest BCUT2D eigenvalue weighted by atomic mass is 127. The van der Waals surface area contributed by atoms with Crippen LogP contribution in [0.2, 0.25) is 0 Å². The summed E-state index contributed by atoms with van der Waals surface area (Å²) in [6.45, 7) is 4.40. The van der Waals surface area contributed by atoms with Crippen molar-refractivity contribution in [3.05, 3.63) is 91.8 Å². The maximum atomic E-state index is 14.8. The van der Waals surface area contributed by atoms with Crippen LogP contribution in [0.5, 0.6) is 11.5 Å². The van der Waals surface area contributed by atoms with Gasteiger partial charge < -0.3 is 15.2 Å². The van der Waals surface area contributed by atoms with Crippen molar-refractivity contribution < 1.29 is 40.7 Å². The third-order valence-corrected chi connectivity index (χ3v) is 6.75. The third-order valence-electron chi connectivity index (χ3n) is 5.12. The number of carbonyl (C=O) groups is 2. The molecule has 0 atom stereocenters. The fourth-order valence-electron chi connectivity index (χ4n) is 3.49. The van der Waals surface area contributed by atoms with Gasteiger partial charge >= 0.3 is 16.3 Å². The van der Waals surface area contributed by atoms with E-state index in [1.165, 1.54) is 36.4 Å². The van der Waals surface area contributed by atoms with Gasteiger partial charge in [0.25, 0.3) is 5.91 Å². The van der Waals surface area contributed by atoms with Gasteiger partial charge in [-0.1, -0.05) is 18.2 Å². The normalized spacial score (nSPS) is 11.7. The number of nitrogens with one attached hydrogen (secondary N) is 2. The highest BCUT2D eigenvalue weighted by molar-refractivity contribution is 14.1. The minimum absolute atomic E-state index is 0.00707. The van der Waals surface area contributed by atoms with E-state index in [2.05, 4.69) is 4.72 Å². The topological polar surface area (TPSA) is 137 Å². The Morgan fingerprint density at radius 2 is 1.73 bits per heavy atom. The maximum Gasteiger partial charge on any atom is 0.422 e. The highest BCUT2D eigenvalue weighted by Crippen LogP contribution is 2.33. The molecule has 0 aliphatic carbocycles. The van der Waals surface area contributed by atoms with Gasteiger partial charge in [-0.2, -0.15) is 13.1 Å². The van der Waals surface area contributed by atoms with Gasteiger partial charge in [-0.25, -0.2) is 22.7 Å². The van der Waals surface area contributed by atoms with Gasteiger partial charge in [0.05, 0.1) is 5.56 Å². The second kappa shape index (κ2) is 12.4. The monoisotopic (exact) mass is 691 g/mol. The molecule has 0 fully saturated rings. The smallest absolute Gasteiger partial charge is 0.422 e. The number of nitrogens with two attached hydrogens (primary N) is 1. The molecule has 3 aromatic rings. The maximum absolute atomic E-state index is 14.8. The Bertz CT molecular complexity index is 1560. The lowest BCUT2D eigenvalue weighted by molar-refractivity contribution is 0.0569. The lowest BCUT2D eigenvalue weighted by atomic mass is 9.97. The van der Waals surface area contributed by atoms with Crippen LogP contribution in [0, 0.1) is 21.0 Å². The van der Waals surface area contributed by atoms with Gasteiger partial charge in [0, 0.05) is 28.2 Å². The van der Waals surface area contributed by atoms with Gasteiger partial charge in [0.15, 0.2) is 11.6 Å². The summed E-state index contributed by atoms with van der Waals surface area (Å²) in [6, 6.07) is 10.6. The zero-order valence-corrected chi connectivity index (χ0v) is 24.5. The average Bonchev–Trinajstić information content (AvgIpc) is 2.81. The Balaban J connectivity index is 1.85. The molecule has 0 heterocycles. The van der Waals surface area contributed by atoms with Crippen LogP contribution < -0.4 is 19.9 Å². The van der Waals surface area contributed by atoms with E-state index < -0.39 is 68.6 Å². The van der Waals surface area contributed by atoms with Crippen molar-refractivity contribution in [1.29, 1.82) is 0 Å². The summed E-state index contributed by atoms with van der Waals surface area (Å²) >= 11 is 1.89. The first-order valence-electron chi connectivity index (χ1n) is 11.6. The molecule has 0 radical (unpaired) electrons. The van der Waals surface area contributed by atoms with Crippen molar-refractivity contribution in [1.82, 2.24) is 9.44 Å². The van der Waals surface area contributed by atoms with Crippen LogP contribution in [0.25, 0.3) is 0 Å². The van der Waals surface area contributed by atoms with Gasteiger partial charge in [-0.05, 0) is 78.8 Å². The average molecular weight is 691 g/mol. The summed E-state index contributed by atoms with van der Waals surface area (Å²) in [5.74, 6) is -4.93. The van der Waals surface area contributed by atoms with E-state index in [1.54, 1.807) is 31.6 Å². The van der Waals surface area contributed by atoms with Crippen LogP contribution in [0.4, 0.5) is 18.0 Å². The molecule has 4 N–H and O–H groups in total. The molecule has 0 spiro atoms. The number of ether oxygens (including phenoxy) is 2. The van der Waals surface area contributed by atoms with E-state index in [-0.39, 0.29) is 17.9 Å². The summed E-state index contributed by atoms with van der Waals surface area (Å²) < 4.78 is 83.2. The molecule has 3 aromatic carbocycles. The summed E-state index contributed by atoms with van der Waals surface area (Å²) in [4.78, 5) is 24.1. The fraction of sp³-hybridized carbons (Fsp3) is 0.231. The Kier molecular flexibility index (Phi) is 9.68. The van der Waals surface area contributed by atoms with Gasteiger partial charge in [-0.15, -0.1) is 0 Å². The number of benzene rings is 3. The second-order valence-electron chi connectivity index (χ2n) is 9.48. The molecule has 0 saturated carbocycles. The first-order chi connectivity index (χ1) is 18.5. The quantitative estimate of drug-likeness (QED) is 0.269. The summed E-state index contributed by atoms with van der Waals surface area (Å²) in [6.07, 6.45) is -1.65. The van der Waals surface area contributed by atoms with E-state index in [4.69, 9.17) is 15.2 Å². The zero-order valence-electron chi connectivity index (χ0n) is 21.5. The summed E-state index contributed by atoms with van der Waals surface area (Å²) in [7, 11) is -4.29. The molecular weight excluding hydrogens is 666 g/mol. The zero-order chi connectivity index (χ0) is 29.8. The molecule has 0 aromatic heterocycles. The second-order valence-corrected chi connectivity index (χ2v) is 12.2.